The third-order valence-electron chi connectivity index (χ3n) is 0. The molecule has 23 valence electrons. The molecule has 0 unspecified atom stereocenters. The molecule has 0 aromatic rings. The first-order valence-corrected chi connectivity index (χ1v) is 0. The van der Waals surface area contributed by atoms with Crippen molar-refractivity contribution in [2.24, 2.45) is 0 Å². The van der Waals surface area contributed by atoms with Crippen molar-refractivity contribution in [1.82, 2.24) is 0 Å². The van der Waals surface area contributed by atoms with Crippen molar-refractivity contribution in [3.63, 3.8) is 0 Å². The first-order valence-electron chi connectivity index (χ1n) is 0. The third kappa shape index (κ3) is 8.82. The Hall–Kier alpha value is 2.63. The van der Waals surface area contributed by atoms with E-state index in [0.29, 0.717) is 0 Å². The van der Waals surface area contributed by atoms with Crippen molar-refractivity contribution in [3.8, 4) is 0 Å². The fourth-order valence-electron chi connectivity index (χ4n) is 0. The molecule has 0 aliphatic rings. The van der Waals surface area contributed by atoms with Crippen LogP contribution in [0.3, 0.4) is 0 Å². The van der Waals surface area contributed by atoms with Crippen LogP contribution in [0.5, 0.6) is 0 Å². The molecule has 0 aromatic heterocycles. The van der Waals surface area contributed by atoms with Crippen LogP contribution in [0.15, 0.2) is 0 Å². The zero-order valence-corrected chi connectivity index (χ0v) is 5.02. The van der Waals surface area contributed by atoms with E-state index < -0.39 is 0 Å². The molecule has 0 aromatic carbocycles. The number of rotatable bonds is 0. The summed E-state index contributed by atoms with van der Waals surface area (Å²) in [5, 5.41) is 0. The Balaban J connectivity index is 0. The minimum Gasteiger partial charge on any atom is 0 e. The maximum atomic E-state index is 0. The predicted octanol–water partition coefficient (Wildman–Crippen LogP) is -0.611. The summed E-state index contributed by atoms with van der Waals surface area (Å²) in [4.78, 5) is 0. The normalized spacial score (nSPS) is 0. The zero-order chi connectivity index (χ0) is 0. The summed E-state index contributed by atoms with van der Waals surface area (Å²) in [6.07, 6.45) is 0. The van der Waals surface area contributed by atoms with Gasteiger partial charge in [-0.2, -0.15) is 0 Å². The second-order valence-electron chi connectivity index (χ2n) is 0. The summed E-state index contributed by atoms with van der Waals surface area (Å²) < 4.78 is 0. The van der Waals surface area contributed by atoms with Crippen molar-refractivity contribution in [2.75, 3.05) is 0 Å². The van der Waals surface area contributed by atoms with Crippen LogP contribution >= 0.6 is 0 Å². The molecule has 4 heavy (non-hydrogen) atoms. The standard InChI is InChI=1S/Ba.2FH.La.2H/h;2*1H;;;. The fraction of sp³-hybridized carbons (Fsp3) is 0. The van der Waals surface area contributed by atoms with Gasteiger partial charge in [-0.05, 0) is 0 Å². The first-order chi connectivity index (χ1) is 0. The van der Waals surface area contributed by atoms with E-state index in [1.807, 2.05) is 0 Å². The zero-order valence-electron chi connectivity index (χ0n) is 1.39. The van der Waals surface area contributed by atoms with Crippen LogP contribution in [0.2, 0.25) is 0 Å². The average Bonchev–Trinajstić information content (AvgIpc) is 0. The van der Waals surface area contributed by atoms with Crippen molar-refractivity contribution in [3.05, 3.63) is 0 Å². The quantitative estimate of drug-likeness (QED) is 0.523. The molecular formula is H4BaF2La. The Morgan fingerprint density at radius 2 is 0.750 bits per heavy atom. The van der Waals surface area contributed by atoms with Crippen LogP contribution < -0.4 is 0 Å². The monoisotopic (exact) mass is 319 g/mol. The average molecular weight is 318 g/mol. The second-order valence-corrected chi connectivity index (χ2v) is 0. The van der Waals surface area contributed by atoms with E-state index in [-0.39, 0.29) is 93.9 Å². The Labute approximate surface area is 91.5 Å². The van der Waals surface area contributed by atoms with Crippen molar-refractivity contribution in [2.45, 2.75) is 0 Å². The summed E-state index contributed by atoms with van der Waals surface area (Å²) in [7, 11) is 0. The Morgan fingerprint density at radius 3 is 0.750 bits per heavy atom. The number of halogens is 2. The van der Waals surface area contributed by atoms with E-state index >= 15 is 0 Å². The number of hydrogen-bond donors (Lipinski definition) is 0. The molecule has 0 saturated carbocycles. The molecule has 1 radical (unpaired) electrons. The van der Waals surface area contributed by atoms with Gasteiger partial charge >= 0.3 is 48.9 Å². The summed E-state index contributed by atoms with van der Waals surface area (Å²) in [6.45, 7) is 0. The van der Waals surface area contributed by atoms with E-state index in [9.17, 15) is 0 Å². The Bertz CT molecular complexity index is 6.00. The molecule has 0 N–H and O–H groups in total. The van der Waals surface area contributed by atoms with Gasteiger partial charge < -0.3 is 0 Å². The molecule has 0 nitrogen and oxygen atoms in total. The van der Waals surface area contributed by atoms with Crippen LogP contribution in [0.4, 0.5) is 9.41 Å². The Kier molecular flexibility index (Phi) is 133. The van der Waals surface area contributed by atoms with E-state index in [1.165, 1.54) is 0 Å². The van der Waals surface area contributed by atoms with Gasteiger partial charge in [0.2, 0.25) is 0 Å². The summed E-state index contributed by atoms with van der Waals surface area (Å²) in [5.74, 6) is 0. The molecule has 0 spiro atoms. The molecule has 0 bridgehead atoms. The van der Waals surface area contributed by atoms with Gasteiger partial charge in [-0.25, -0.2) is 0 Å². The largest absolute Gasteiger partial charge is 0 e. The van der Waals surface area contributed by atoms with Gasteiger partial charge in [0, 0.05) is 35.6 Å². The molecule has 0 heterocycles. The third-order valence-corrected chi connectivity index (χ3v) is 0. The molecule has 4 heteroatoms. The van der Waals surface area contributed by atoms with Crippen molar-refractivity contribution < 1.29 is 45.0 Å². The molecule has 0 rings (SSSR count). The maximum absolute atomic E-state index is 0. The molecule has 0 atom stereocenters. The molecule has 0 fully saturated rings. The Morgan fingerprint density at radius 1 is 0.750 bits per heavy atom. The van der Waals surface area contributed by atoms with Gasteiger partial charge in [-0.3, -0.25) is 9.41 Å². The van der Waals surface area contributed by atoms with E-state index in [1.54, 1.807) is 0 Å². The summed E-state index contributed by atoms with van der Waals surface area (Å²) >= 11 is 0. The molecule has 0 aliphatic heterocycles. The minimum atomic E-state index is 0. The molecule has 0 amide bonds. The van der Waals surface area contributed by atoms with Gasteiger partial charge in [0.25, 0.3) is 0 Å². The minimum absolute atomic E-state index is 0. The van der Waals surface area contributed by atoms with Crippen molar-refractivity contribution in [1.29, 1.82) is 0 Å². The van der Waals surface area contributed by atoms with Gasteiger partial charge in [0.05, 0.1) is 0 Å². The predicted molar refractivity (Wildman–Crippen MR) is 13.5 cm³/mol. The van der Waals surface area contributed by atoms with Crippen LogP contribution in [-0.2, 0) is 0 Å². The van der Waals surface area contributed by atoms with Crippen LogP contribution in [-0.4, -0.2) is 48.9 Å². The van der Waals surface area contributed by atoms with Crippen LogP contribution in [0.1, 0.15) is 0 Å². The molecule has 0 aliphatic carbocycles. The SMILES string of the molecule is F.F.[BaH2].[La]. The topological polar surface area (TPSA) is 0 Å². The van der Waals surface area contributed by atoms with Crippen LogP contribution in [0.25, 0.3) is 0 Å². The molecular weight excluding hydrogens is 314 g/mol. The summed E-state index contributed by atoms with van der Waals surface area (Å²) in [6, 6.07) is 0. The van der Waals surface area contributed by atoms with E-state index in [0.717, 1.165) is 0 Å². The summed E-state index contributed by atoms with van der Waals surface area (Å²) in [5.41, 5.74) is 0. The van der Waals surface area contributed by atoms with Gasteiger partial charge in [0.1, 0.15) is 0 Å². The van der Waals surface area contributed by atoms with Crippen molar-refractivity contribution >= 4 is 48.9 Å². The van der Waals surface area contributed by atoms with Crippen LogP contribution in [0, 0.1) is 35.6 Å². The van der Waals surface area contributed by atoms with E-state index in [4.69, 9.17) is 0 Å². The smallest absolute Gasteiger partial charge is 0 e. The van der Waals surface area contributed by atoms with Gasteiger partial charge in [-0.1, -0.05) is 0 Å². The maximum Gasteiger partial charge on any atom is 0 e. The fourth-order valence-corrected chi connectivity index (χ4v) is 0. The second kappa shape index (κ2) is 17.5. The molecule has 0 saturated heterocycles. The van der Waals surface area contributed by atoms with Gasteiger partial charge in [-0.15, -0.1) is 0 Å². The van der Waals surface area contributed by atoms with E-state index in [2.05, 4.69) is 0 Å². The number of hydrogen-bond acceptors (Lipinski definition) is 0. The van der Waals surface area contributed by atoms with Gasteiger partial charge in [0.15, 0.2) is 0 Å². The first kappa shape index (κ1) is 30.4.